The first-order valence-corrected chi connectivity index (χ1v) is 9.26. The summed E-state index contributed by atoms with van der Waals surface area (Å²) >= 11 is 0. The lowest BCUT2D eigenvalue weighted by Gasteiger charge is -2.27. The summed E-state index contributed by atoms with van der Waals surface area (Å²) in [5.74, 6) is 0.266. The van der Waals surface area contributed by atoms with Crippen LogP contribution in [0.15, 0.2) is 73.4 Å². The Bertz CT molecular complexity index is 847. The van der Waals surface area contributed by atoms with Crippen molar-refractivity contribution in [3.8, 4) is 11.5 Å². The molecule has 5 nitrogen and oxygen atoms in total. The lowest BCUT2D eigenvalue weighted by molar-refractivity contribution is -0.130. The van der Waals surface area contributed by atoms with Crippen molar-refractivity contribution in [2.75, 3.05) is 27.4 Å². The van der Waals surface area contributed by atoms with Gasteiger partial charge in [-0.3, -0.25) is 0 Å². The molecule has 1 aromatic carbocycles. The molecule has 0 N–H and O–H groups in total. The maximum atomic E-state index is 11.9. The SMILES string of the molecule is C=CCOc1cc(C2=CC(C(=C)COC)C(OC)C=C2)ccc1OC(=O)C(=C)C. The Kier molecular flexibility index (Phi) is 8.19. The van der Waals surface area contributed by atoms with Crippen LogP contribution in [0.4, 0.5) is 0 Å². The number of methoxy groups -OCH3 is 2. The third-order valence-corrected chi connectivity index (χ3v) is 4.44. The first-order chi connectivity index (χ1) is 13.9. The summed E-state index contributed by atoms with van der Waals surface area (Å²) in [5.41, 5.74) is 3.14. The van der Waals surface area contributed by atoms with E-state index < -0.39 is 5.97 Å². The molecule has 0 aromatic heterocycles. The fraction of sp³-hybridized carbons (Fsp3) is 0.292. The number of esters is 1. The second kappa shape index (κ2) is 10.6. The van der Waals surface area contributed by atoms with Crippen molar-refractivity contribution >= 4 is 11.5 Å². The van der Waals surface area contributed by atoms with Crippen LogP contribution in [0.25, 0.3) is 5.57 Å². The zero-order valence-electron chi connectivity index (χ0n) is 17.3. The molecule has 0 saturated heterocycles. The predicted molar refractivity (Wildman–Crippen MR) is 115 cm³/mol. The van der Waals surface area contributed by atoms with Crippen LogP contribution in [-0.4, -0.2) is 39.5 Å². The molecule has 1 aliphatic rings. The lowest BCUT2D eigenvalue weighted by Crippen LogP contribution is -2.24. The van der Waals surface area contributed by atoms with Crippen molar-refractivity contribution in [1.82, 2.24) is 0 Å². The van der Waals surface area contributed by atoms with Crippen LogP contribution in [-0.2, 0) is 14.3 Å². The van der Waals surface area contributed by atoms with Gasteiger partial charge in [0, 0.05) is 25.7 Å². The second-order valence-corrected chi connectivity index (χ2v) is 6.73. The highest BCUT2D eigenvalue weighted by molar-refractivity contribution is 5.89. The fourth-order valence-corrected chi connectivity index (χ4v) is 2.93. The zero-order chi connectivity index (χ0) is 21.4. The minimum absolute atomic E-state index is 0.0154. The van der Waals surface area contributed by atoms with E-state index in [0.717, 1.165) is 16.7 Å². The van der Waals surface area contributed by atoms with E-state index in [0.29, 0.717) is 23.7 Å². The normalized spacial score (nSPS) is 18.0. The standard InChI is InChI=1S/C24H28O5/c1-7-12-28-23-14-19(9-11-22(23)29-24(25)16(2)3)18-8-10-21(27-6)20(13-18)17(4)15-26-5/h7-11,13-14,20-21H,1-2,4,12,15H2,3,5-6H3. The van der Waals surface area contributed by atoms with Gasteiger partial charge in [0.2, 0.25) is 0 Å². The molecule has 2 rings (SSSR count). The minimum atomic E-state index is -0.503. The zero-order valence-corrected chi connectivity index (χ0v) is 17.3. The quantitative estimate of drug-likeness (QED) is 0.252. The van der Waals surface area contributed by atoms with Crippen LogP contribution >= 0.6 is 0 Å². The lowest BCUT2D eigenvalue weighted by atomic mass is 9.86. The third-order valence-electron chi connectivity index (χ3n) is 4.44. The molecule has 29 heavy (non-hydrogen) atoms. The molecule has 0 amide bonds. The fourth-order valence-electron chi connectivity index (χ4n) is 2.93. The molecule has 1 aliphatic carbocycles. The van der Waals surface area contributed by atoms with Gasteiger partial charge in [0.1, 0.15) is 6.61 Å². The van der Waals surface area contributed by atoms with Crippen LogP contribution in [0.3, 0.4) is 0 Å². The van der Waals surface area contributed by atoms with Gasteiger partial charge < -0.3 is 18.9 Å². The van der Waals surface area contributed by atoms with E-state index in [1.54, 1.807) is 33.3 Å². The van der Waals surface area contributed by atoms with Crippen molar-refractivity contribution < 1.29 is 23.7 Å². The average molecular weight is 396 g/mol. The molecule has 0 radical (unpaired) electrons. The van der Waals surface area contributed by atoms with Crippen LogP contribution in [0, 0.1) is 5.92 Å². The van der Waals surface area contributed by atoms with Gasteiger partial charge in [0.05, 0.1) is 12.7 Å². The van der Waals surface area contributed by atoms with Gasteiger partial charge in [-0.1, -0.05) is 50.1 Å². The van der Waals surface area contributed by atoms with E-state index in [4.69, 9.17) is 18.9 Å². The molecule has 0 spiro atoms. The van der Waals surface area contributed by atoms with Crippen molar-refractivity contribution in [1.29, 1.82) is 0 Å². The number of carbonyl (C=O) groups excluding carboxylic acids is 1. The topological polar surface area (TPSA) is 54.0 Å². The molecule has 0 saturated carbocycles. The van der Waals surface area contributed by atoms with Gasteiger partial charge in [-0.05, 0) is 35.8 Å². The molecule has 2 unspecified atom stereocenters. The first kappa shape index (κ1) is 22.4. The van der Waals surface area contributed by atoms with Crippen molar-refractivity contribution in [2.45, 2.75) is 13.0 Å². The maximum absolute atomic E-state index is 11.9. The Hall–Kier alpha value is -2.89. The number of carbonyl (C=O) groups is 1. The average Bonchev–Trinajstić information content (AvgIpc) is 2.72. The van der Waals surface area contributed by atoms with Gasteiger partial charge in [-0.25, -0.2) is 4.79 Å². The number of allylic oxidation sites excluding steroid dienone is 2. The predicted octanol–water partition coefficient (Wildman–Crippen LogP) is 4.52. The summed E-state index contributed by atoms with van der Waals surface area (Å²) in [6.45, 7) is 13.7. The van der Waals surface area contributed by atoms with E-state index in [2.05, 4.69) is 25.8 Å². The van der Waals surface area contributed by atoms with Crippen LogP contribution in [0.2, 0.25) is 0 Å². The third kappa shape index (κ3) is 5.79. The number of hydrogen-bond donors (Lipinski definition) is 0. The summed E-state index contributed by atoms with van der Waals surface area (Å²) in [5, 5.41) is 0. The molecular formula is C24H28O5. The highest BCUT2D eigenvalue weighted by Gasteiger charge is 2.24. The minimum Gasteiger partial charge on any atom is -0.486 e. The molecule has 5 heteroatoms. The molecule has 0 fully saturated rings. The van der Waals surface area contributed by atoms with E-state index in [-0.39, 0.29) is 18.6 Å². The molecule has 154 valence electrons. The highest BCUT2D eigenvalue weighted by Crippen LogP contribution is 2.35. The van der Waals surface area contributed by atoms with Gasteiger partial charge in [0.15, 0.2) is 11.5 Å². The molecule has 0 bridgehead atoms. The maximum Gasteiger partial charge on any atom is 0.338 e. The number of rotatable bonds is 10. The smallest absolute Gasteiger partial charge is 0.338 e. The summed E-state index contributed by atoms with van der Waals surface area (Å²) in [6.07, 6.45) is 7.62. The molecule has 0 aliphatic heterocycles. The Labute approximate surface area is 172 Å². The number of ether oxygens (including phenoxy) is 4. The van der Waals surface area contributed by atoms with Crippen LogP contribution in [0.5, 0.6) is 11.5 Å². The molecule has 2 atom stereocenters. The first-order valence-electron chi connectivity index (χ1n) is 9.26. The van der Waals surface area contributed by atoms with Gasteiger partial charge >= 0.3 is 5.97 Å². The van der Waals surface area contributed by atoms with E-state index in [9.17, 15) is 4.79 Å². The highest BCUT2D eigenvalue weighted by atomic mass is 16.6. The van der Waals surface area contributed by atoms with Gasteiger partial charge in [0.25, 0.3) is 0 Å². The van der Waals surface area contributed by atoms with E-state index in [1.165, 1.54) is 0 Å². The van der Waals surface area contributed by atoms with Gasteiger partial charge in [-0.15, -0.1) is 0 Å². The Morgan fingerprint density at radius 2 is 1.97 bits per heavy atom. The summed E-state index contributed by atoms with van der Waals surface area (Å²) in [4.78, 5) is 11.9. The van der Waals surface area contributed by atoms with Crippen LogP contribution in [0.1, 0.15) is 12.5 Å². The summed E-state index contributed by atoms with van der Waals surface area (Å²) in [6, 6.07) is 5.43. The van der Waals surface area contributed by atoms with E-state index >= 15 is 0 Å². The Morgan fingerprint density at radius 1 is 1.21 bits per heavy atom. The number of hydrogen-bond acceptors (Lipinski definition) is 5. The van der Waals surface area contributed by atoms with Crippen molar-refractivity contribution in [3.05, 3.63) is 78.9 Å². The van der Waals surface area contributed by atoms with Crippen molar-refractivity contribution in [2.24, 2.45) is 5.92 Å². The molecular weight excluding hydrogens is 368 g/mol. The second-order valence-electron chi connectivity index (χ2n) is 6.73. The number of benzene rings is 1. The monoisotopic (exact) mass is 396 g/mol. The largest absolute Gasteiger partial charge is 0.486 e. The Balaban J connectivity index is 2.38. The summed E-state index contributed by atoms with van der Waals surface area (Å²) < 4.78 is 21.9. The molecule has 0 heterocycles. The van der Waals surface area contributed by atoms with Crippen molar-refractivity contribution in [3.63, 3.8) is 0 Å². The summed E-state index contributed by atoms with van der Waals surface area (Å²) in [7, 11) is 3.32. The van der Waals surface area contributed by atoms with Crippen LogP contribution < -0.4 is 9.47 Å². The van der Waals surface area contributed by atoms with Gasteiger partial charge in [-0.2, -0.15) is 0 Å². The Morgan fingerprint density at radius 3 is 2.59 bits per heavy atom. The van der Waals surface area contributed by atoms with E-state index in [1.807, 2.05) is 24.3 Å². The molecule has 1 aromatic rings.